The molecule has 0 radical (unpaired) electrons. The van der Waals surface area contributed by atoms with Crippen LogP contribution in [0.25, 0.3) is 10.9 Å². The van der Waals surface area contributed by atoms with Crippen LogP contribution in [0.15, 0.2) is 24.3 Å². The number of aromatic nitrogens is 1. The van der Waals surface area contributed by atoms with Gasteiger partial charge in [0, 0.05) is 5.39 Å². The Kier molecular flexibility index (Phi) is 4.13. The number of nitrogens with two attached hydrogens (primary N) is 1. The van der Waals surface area contributed by atoms with Gasteiger partial charge in [-0.05, 0) is 37.1 Å². The lowest BCUT2D eigenvalue weighted by molar-refractivity contribution is 0.921. The predicted octanol–water partition coefficient (Wildman–Crippen LogP) is 3.50. The normalized spacial score (nSPS) is 10.1. The van der Waals surface area contributed by atoms with E-state index in [9.17, 15) is 0 Å². The Balaban J connectivity index is 0.00000128. The van der Waals surface area contributed by atoms with Gasteiger partial charge in [-0.3, -0.25) is 0 Å². The quantitative estimate of drug-likeness (QED) is 0.867. The molecule has 16 heavy (non-hydrogen) atoms. The molecule has 0 amide bonds. The summed E-state index contributed by atoms with van der Waals surface area (Å²) in [4.78, 5) is 4.41. The molecule has 2 nitrogen and oxygen atoms in total. The van der Waals surface area contributed by atoms with E-state index in [1.807, 2.05) is 6.07 Å². The van der Waals surface area contributed by atoms with Gasteiger partial charge in [-0.15, -0.1) is 12.4 Å². The number of anilines is 1. The van der Waals surface area contributed by atoms with Crippen LogP contribution in [-0.4, -0.2) is 4.98 Å². The summed E-state index contributed by atoms with van der Waals surface area (Å²) in [6, 6.07) is 8.40. The molecule has 0 aliphatic rings. The zero-order valence-electron chi connectivity index (χ0n) is 9.66. The Morgan fingerprint density at radius 1 is 1.25 bits per heavy atom. The van der Waals surface area contributed by atoms with Crippen LogP contribution in [0.4, 0.5) is 5.82 Å². The first-order valence-electron chi connectivity index (χ1n) is 5.36. The number of benzene rings is 1. The lowest BCUT2D eigenvalue weighted by atomic mass is 10.1. The first-order valence-corrected chi connectivity index (χ1v) is 5.36. The summed E-state index contributed by atoms with van der Waals surface area (Å²) in [6.07, 6.45) is 2.10. The minimum absolute atomic E-state index is 0. The van der Waals surface area contributed by atoms with Gasteiger partial charge in [0.05, 0.1) is 5.52 Å². The van der Waals surface area contributed by atoms with Crippen molar-refractivity contribution < 1.29 is 0 Å². The molecule has 0 saturated heterocycles. The van der Waals surface area contributed by atoms with Gasteiger partial charge in [-0.1, -0.05) is 25.0 Å². The average Bonchev–Trinajstić information content (AvgIpc) is 2.20. The summed E-state index contributed by atoms with van der Waals surface area (Å²) in [5, 5.41) is 1.19. The summed E-state index contributed by atoms with van der Waals surface area (Å²) in [5.74, 6) is 0.674. The predicted molar refractivity (Wildman–Crippen MR) is 72.1 cm³/mol. The van der Waals surface area contributed by atoms with Crippen molar-refractivity contribution in [3.05, 3.63) is 35.4 Å². The molecule has 0 aliphatic heterocycles. The molecule has 86 valence electrons. The highest BCUT2D eigenvalue weighted by atomic mass is 35.5. The zero-order valence-corrected chi connectivity index (χ0v) is 10.5. The number of aryl methyl sites for hydroxylation is 2. The fraction of sp³-hybridized carbons (Fsp3) is 0.308. The average molecular weight is 237 g/mol. The molecule has 0 fully saturated rings. The summed E-state index contributed by atoms with van der Waals surface area (Å²) < 4.78 is 0. The van der Waals surface area contributed by atoms with E-state index in [0.29, 0.717) is 5.82 Å². The first kappa shape index (κ1) is 12.8. The third kappa shape index (κ3) is 2.45. The van der Waals surface area contributed by atoms with Crippen molar-refractivity contribution >= 4 is 29.1 Å². The van der Waals surface area contributed by atoms with Crippen LogP contribution < -0.4 is 5.73 Å². The van der Waals surface area contributed by atoms with E-state index in [2.05, 4.69) is 37.0 Å². The first-order chi connectivity index (χ1) is 7.20. The molecule has 0 bridgehead atoms. The molecule has 2 aromatic rings. The maximum absolute atomic E-state index is 5.90. The van der Waals surface area contributed by atoms with E-state index in [-0.39, 0.29) is 12.4 Å². The van der Waals surface area contributed by atoms with Gasteiger partial charge >= 0.3 is 0 Å². The Hall–Kier alpha value is -1.28. The number of fused-ring (bicyclic) bond motifs is 1. The molecule has 2 rings (SSSR count). The van der Waals surface area contributed by atoms with E-state index in [1.165, 1.54) is 10.9 Å². The van der Waals surface area contributed by atoms with E-state index in [1.54, 1.807) is 0 Å². The molecule has 2 N–H and O–H groups in total. The number of hydrogen-bond donors (Lipinski definition) is 1. The van der Waals surface area contributed by atoms with E-state index in [0.717, 1.165) is 23.9 Å². The lowest BCUT2D eigenvalue weighted by Gasteiger charge is -2.06. The van der Waals surface area contributed by atoms with Crippen molar-refractivity contribution in [1.82, 2.24) is 4.98 Å². The Labute approximate surface area is 102 Å². The monoisotopic (exact) mass is 236 g/mol. The SMILES string of the molecule is CCCc1cc2cc(C)ccc2nc1N.Cl. The van der Waals surface area contributed by atoms with E-state index < -0.39 is 0 Å². The van der Waals surface area contributed by atoms with Crippen LogP contribution in [0, 0.1) is 6.92 Å². The summed E-state index contributed by atoms with van der Waals surface area (Å²) in [6.45, 7) is 4.25. The standard InChI is InChI=1S/C13H16N2.ClH/c1-3-4-10-8-11-7-9(2)5-6-12(11)15-13(10)14;/h5-8H,3-4H2,1-2H3,(H2,14,15);1H. The fourth-order valence-corrected chi connectivity index (χ4v) is 1.82. The minimum Gasteiger partial charge on any atom is -0.383 e. The topological polar surface area (TPSA) is 38.9 Å². The second-order valence-corrected chi connectivity index (χ2v) is 3.98. The smallest absolute Gasteiger partial charge is 0.127 e. The van der Waals surface area contributed by atoms with Crippen LogP contribution in [0.2, 0.25) is 0 Å². The molecular formula is C13H17ClN2. The van der Waals surface area contributed by atoms with Crippen molar-refractivity contribution in [2.45, 2.75) is 26.7 Å². The molecule has 0 atom stereocenters. The summed E-state index contributed by atoms with van der Waals surface area (Å²) in [5.41, 5.74) is 9.31. The molecule has 0 unspecified atom stereocenters. The summed E-state index contributed by atoms with van der Waals surface area (Å²) >= 11 is 0. The summed E-state index contributed by atoms with van der Waals surface area (Å²) in [7, 11) is 0. The van der Waals surface area contributed by atoms with Gasteiger partial charge < -0.3 is 5.73 Å². The van der Waals surface area contributed by atoms with Crippen molar-refractivity contribution in [2.24, 2.45) is 0 Å². The van der Waals surface area contributed by atoms with Crippen LogP contribution in [-0.2, 0) is 6.42 Å². The molecule has 1 aromatic carbocycles. The molecule has 0 saturated carbocycles. The van der Waals surface area contributed by atoms with Crippen LogP contribution in [0.1, 0.15) is 24.5 Å². The van der Waals surface area contributed by atoms with Crippen molar-refractivity contribution in [2.75, 3.05) is 5.73 Å². The number of nitrogens with zero attached hydrogens (tertiary/aromatic N) is 1. The van der Waals surface area contributed by atoms with Crippen molar-refractivity contribution in [3.8, 4) is 0 Å². The number of hydrogen-bond acceptors (Lipinski definition) is 2. The van der Waals surface area contributed by atoms with Gasteiger partial charge in [-0.25, -0.2) is 4.98 Å². The Bertz CT molecular complexity index is 495. The van der Waals surface area contributed by atoms with E-state index in [4.69, 9.17) is 5.73 Å². The molecule has 1 aromatic heterocycles. The molecular weight excluding hydrogens is 220 g/mol. The number of pyridine rings is 1. The molecule has 0 spiro atoms. The largest absolute Gasteiger partial charge is 0.383 e. The number of nitrogen functional groups attached to an aromatic ring is 1. The molecule has 1 heterocycles. The van der Waals surface area contributed by atoms with Gasteiger partial charge in [0.25, 0.3) is 0 Å². The fourth-order valence-electron chi connectivity index (χ4n) is 1.82. The molecule has 0 aliphatic carbocycles. The third-order valence-corrected chi connectivity index (χ3v) is 2.60. The van der Waals surface area contributed by atoms with E-state index >= 15 is 0 Å². The van der Waals surface area contributed by atoms with Gasteiger partial charge in [-0.2, -0.15) is 0 Å². The maximum Gasteiger partial charge on any atom is 0.127 e. The van der Waals surface area contributed by atoms with Crippen LogP contribution >= 0.6 is 12.4 Å². The number of halogens is 1. The second-order valence-electron chi connectivity index (χ2n) is 3.98. The van der Waals surface area contributed by atoms with Crippen LogP contribution in [0.5, 0.6) is 0 Å². The van der Waals surface area contributed by atoms with Crippen molar-refractivity contribution in [3.63, 3.8) is 0 Å². The highest BCUT2D eigenvalue weighted by molar-refractivity contribution is 5.85. The minimum atomic E-state index is 0. The zero-order chi connectivity index (χ0) is 10.8. The highest BCUT2D eigenvalue weighted by Crippen LogP contribution is 2.20. The second kappa shape index (κ2) is 5.17. The highest BCUT2D eigenvalue weighted by Gasteiger charge is 2.03. The molecule has 3 heteroatoms. The lowest BCUT2D eigenvalue weighted by Crippen LogP contribution is -1.98. The number of rotatable bonds is 2. The van der Waals surface area contributed by atoms with Gasteiger partial charge in [0.2, 0.25) is 0 Å². The van der Waals surface area contributed by atoms with Crippen molar-refractivity contribution in [1.29, 1.82) is 0 Å². The van der Waals surface area contributed by atoms with Gasteiger partial charge in [0.1, 0.15) is 5.82 Å². The van der Waals surface area contributed by atoms with Gasteiger partial charge in [0.15, 0.2) is 0 Å². The van der Waals surface area contributed by atoms with Crippen LogP contribution in [0.3, 0.4) is 0 Å². The maximum atomic E-state index is 5.90. The Morgan fingerprint density at radius 2 is 2.00 bits per heavy atom. The third-order valence-electron chi connectivity index (χ3n) is 2.60. The Morgan fingerprint density at radius 3 is 2.69 bits per heavy atom.